The number of hydrogen-bond acceptors (Lipinski definition) is 8. The van der Waals surface area contributed by atoms with Crippen molar-refractivity contribution in [3.05, 3.63) is 69.8 Å². The maximum absolute atomic E-state index is 13.2. The molecule has 0 bridgehead atoms. The number of rotatable bonds is 18. The Bertz CT molecular complexity index is 1300. The van der Waals surface area contributed by atoms with Crippen LogP contribution in [0.4, 0.5) is 0 Å². The average Bonchev–Trinajstić information content (AvgIpc) is 3.34. The van der Waals surface area contributed by atoms with E-state index in [0.717, 1.165) is 34.1 Å². The zero-order valence-corrected chi connectivity index (χ0v) is 29.2. The minimum Gasteiger partial charge on any atom is -0.496 e. The predicted molar refractivity (Wildman–Crippen MR) is 175 cm³/mol. The molecule has 238 valence electrons. The molecule has 3 rings (SSSR count). The number of allylic oxidation sites excluding steroid dienone is 1. The lowest BCUT2D eigenvalue weighted by Gasteiger charge is -2.25. The molecule has 0 aliphatic carbocycles. The van der Waals surface area contributed by atoms with Gasteiger partial charge in [-0.05, 0) is 51.3 Å². The Balaban J connectivity index is 1.89. The molecule has 8 nitrogen and oxygen atoms in total. The van der Waals surface area contributed by atoms with E-state index >= 15 is 0 Å². The second-order valence-electron chi connectivity index (χ2n) is 12.2. The second kappa shape index (κ2) is 16.1. The Hall–Kier alpha value is -2.42. The van der Waals surface area contributed by atoms with Crippen LogP contribution in [0.25, 0.3) is 0 Å². The van der Waals surface area contributed by atoms with Gasteiger partial charge in [0.2, 0.25) is 0 Å². The summed E-state index contributed by atoms with van der Waals surface area (Å²) in [5.41, 5.74) is 5.45. The first-order valence-corrected chi connectivity index (χ1v) is 20.7. The van der Waals surface area contributed by atoms with E-state index in [-0.39, 0.29) is 12.6 Å². The molecule has 0 radical (unpaired) electrons. The van der Waals surface area contributed by atoms with E-state index in [1.165, 1.54) is 5.56 Å². The summed E-state index contributed by atoms with van der Waals surface area (Å²) in [6.07, 6.45) is 3.01. The van der Waals surface area contributed by atoms with Crippen LogP contribution in [0.5, 0.6) is 11.5 Å². The van der Waals surface area contributed by atoms with E-state index in [9.17, 15) is 9.36 Å². The van der Waals surface area contributed by atoms with Gasteiger partial charge in [-0.3, -0.25) is 9.46 Å². The molecule has 0 amide bonds. The third-order valence-electron chi connectivity index (χ3n) is 7.44. The van der Waals surface area contributed by atoms with Gasteiger partial charge in [0.15, 0.2) is 0 Å². The lowest BCUT2D eigenvalue weighted by molar-refractivity contribution is 0.0532. The van der Waals surface area contributed by atoms with Crippen LogP contribution in [-0.2, 0) is 37.9 Å². The summed E-state index contributed by atoms with van der Waals surface area (Å²) >= 11 is 0. The van der Waals surface area contributed by atoms with Gasteiger partial charge in [-0.2, -0.15) is 0 Å². The SMILES string of the molecule is CCOP(=O)(CCN(CC(C)=CCc1c(OC)c(C)c2c(c1OCC[Si](C)(C)C)C(=O)OC2)Cc1ccccc1)OCC. The zero-order chi connectivity index (χ0) is 31.6. The van der Waals surface area contributed by atoms with Gasteiger partial charge in [-0.15, -0.1) is 0 Å². The Labute approximate surface area is 259 Å². The van der Waals surface area contributed by atoms with Crippen molar-refractivity contribution in [2.24, 2.45) is 0 Å². The van der Waals surface area contributed by atoms with E-state index in [4.69, 9.17) is 23.3 Å². The average molecular weight is 632 g/mol. The minimum absolute atomic E-state index is 0.234. The van der Waals surface area contributed by atoms with E-state index in [1.807, 2.05) is 39.0 Å². The van der Waals surface area contributed by atoms with Crippen molar-refractivity contribution in [1.29, 1.82) is 0 Å². The molecule has 0 saturated carbocycles. The van der Waals surface area contributed by atoms with Crippen LogP contribution in [-0.4, -0.2) is 65.1 Å². The molecule has 0 aromatic heterocycles. The number of benzene rings is 2. The maximum atomic E-state index is 13.2. The molecular formula is C33H50NO7PSi. The number of carbonyl (C=O) groups is 1. The minimum atomic E-state index is -3.18. The van der Waals surface area contributed by atoms with Gasteiger partial charge in [0.25, 0.3) is 0 Å². The molecule has 0 N–H and O–H groups in total. The molecule has 0 fully saturated rings. The van der Waals surface area contributed by atoms with E-state index < -0.39 is 15.7 Å². The highest BCUT2D eigenvalue weighted by Gasteiger charge is 2.33. The molecule has 1 heterocycles. The third-order valence-corrected chi connectivity index (χ3v) is 11.2. The van der Waals surface area contributed by atoms with Crippen molar-refractivity contribution in [2.75, 3.05) is 46.2 Å². The van der Waals surface area contributed by atoms with Gasteiger partial charge in [0.05, 0.1) is 33.1 Å². The van der Waals surface area contributed by atoms with Gasteiger partial charge in [0, 0.05) is 38.8 Å². The largest absolute Gasteiger partial charge is 0.496 e. The molecule has 0 spiro atoms. The topological polar surface area (TPSA) is 83.5 Å². The number of fused-ring (bicyclic) bond motifs is 1. The van der Waals surface area contributed by atoms with Crippen molar-refractivity contribution < 1.29 is 32.6 Å². The predicted octanol–water partition coefficient (Wildman–Crippen LogP) is 7.65. The first kappa shape index (κ1) is 35.1. The number of nitrogens with zero attached hydrogens (tertiary/aromatic N) is 1. The summed E-state index contributed by atoms with van der Waals surface area (Å²) in [4.78, 5) is 15.1. The quantitative estimate of drug-likeness (QED) is 0.0718. The number of hydrogen-bond donors (Lipinski definition) is 0. The smallest absolute Gasteiger partial charge is 0.342 e. The number of esters is 1. The Morgan fingerprint density at radius 2 is 1.77 bits per heavy atom. The summed E-state index contributed by atoms with van der Waals surface area (Å²) in [5.74, 6) is 0.977. The maximum Gasteiger partial charge on any atom is 0.342 e. The molecule has 2 aromatic rings. The van der Waals surface area contributed by atoms with Gasteiger partial charge >= 0.3 is 13.6 Å². The van der Waals surface area contributed by atoms with Crippen LogP contribution in [0.15, 0.2) is 42.0 Å². The van der Waals surface area contributed by atoms with Gasteiger partial charge in [0.1, 0.15) is 23.7 Å². The molecule has 0 unspecified atom stereocenters. The van der Waals surface area contributed by atoms with Crippen molar-refractivity contribution >= 4 is 21.6 Å². The summed E-state index contributed by atoms with van der Waals surface area (Å²) < 4.78 is 42.1. The lowest BCUT2D eigenvalue weighted by Crippen LogP contribution is -2.29. The van der Waals surface area contributed by atoms with Crippen LogP contribution < -0.4 is 9.47 Å². The van der Waals surface area contributed by atoms with E-state index in [2.05, 4.69) is 49.7 Å². The highest BCUT2D eigenvalue weighted by molar-refractivity contribution is 7.53. The van der Waals surface area contributed by atoms with Crippen LogP contribution in [0, 0.1) is 6.92 Å². The second-order valence-corrected chi connectivity index (χ2v) is 20.0. The van der Waals surface area contributed by atoms with E-state index in [1.54, 1.807) is 7.11 Å². The zero-order valence-electron chi connectivity index (χ0n) is 27.3. The standard InChI is InChI=1S/C33H50NO7PSi/c1-9-40-42(36,41-10-2)20-18-34(23-27-14-12-11-13-15-27)22-25(3)16-17-28-31(37-5)26(4)29-24-39-33(35)30(29)32(28)38-19-21-43(6,7)8/h11-16H,9-10,17-24H2,1-8H3. The summed E-state index contributed by atoms with van der Waals surface area (Å²) in [5, 5.41) is 0. The fourth-order valence-corrected chi connectivity index (χ4v) is 7.56. The summed E-state index contributed by atoms with van der Waals surface area (Å²) in [6, 6.07) is 11.2. The van der Waals surface area contributed by atoms with Crippen molar-refractivity contribution in [3.63, 3.8) is 0 Å². The molecular weight excluding hydrogens is 581 g/mol. The first-order chi connectivity index (χ1) is 20.4. The fraction of sp³-hybridized carbons (Fsp3) is 0.545. The van der Waals surface area contributed by atoms with Crippen molar-refractivity contribution in [2.45, 2.75) is 73.0 Å². The molecule has 2 aromatic carbocycles. The molecule has 1 aliphatic rings. The highest BCUT2D eigenvalue weighted by atomic mass is 31.2. The van der Waals surface area contributed by atoms with Crippen LogP contribution >= 0.6 is 7.60 Å². The fourth-order valence-electron chi connectivity index (χ4n) is 5.20. The Morgan fingerprint density at radius 1 is 1.09 bits per heavy atom. The molecule has 1 aliphatic heterocycles. The monoisotopic (exact) mass is 631 g/mol. The van der Waals surface area contributed by atoms with Crippen LogP contribution in [0.3, 0.4) is 0 Å². The number of cyclic esters (lactones) is 1. The number of carbonyl (C=O) groups excluding carboxylic acids is 1. The van der Waals surface area contributed by atoms with E-state index in [0.29, 0.717) is 63.4 Å². The molecule has 0 saturated heterocycles. The Kier molecular flexibility index (Phi) is 13.1. The van der Waals surface area contributed by atoms with Gasteiger partial charge < -0.3 is 23.3 Å². The van der Waals surface area contributed by atoms with Gasteiger partial charge in [-0.1, -0.05) is 61.6 Å². The van der Waals surface area contributed by atoms with Crippen molar-refractivity contribution in [3.8, 4) is 11.5 Å². The first-order valence-electron chi connectivity index (χ1n) is 15.2. The number of ether oxygens (including phenoxy) is 3. The van der Waals surface area contributed by atoms with Gasteiger partial charge in [-0.25, -0.2) is 4.79 Å². The molecule has 0 atom stereocenters. The summed E-state index contributed by atoms with van der Waals surface area (Å²) in [7, 11) is -2.87. The molecule has 10 heteroatoms. The van der Waals surface area contributed by atoms with Crippen LogP contribution in [0.1, 0.15) is 53.4 Å². The Morgan fingerprint density at radius 3 is 2.37 bits per heavy atom. The third kappa shape index (κ3) is 10.0. The molecule has 43 heavy (non-hydrogen) atoms. The summed E-state index contributed by atoms with van der Waals surface area (Å²) in [6.45, 7) is 18.0. The normalized spacial score (nSPS) is 13.8. The van der Waals surface area contributed by atoms with Crippen molar-refractivity contribution in [1.82, 2.24) is 4.90 Å². The highest BCUT2D eigenvalue weighted by Crippen LogP contribution is 2.48. The lowest BCUT2D eigenvalue weighted by atomic mass is 9.94. The number of methoxy groups -OCH3 is 1. The van der Waals surface area contributed by atoms with Crippen LogP contribution in [0.2, 0.25) is 25.7 Å².